The van der Waals surface area contributed by atoms with Crippen molar-refractivity contribution in [3.05, 3.63) is 54.4 Å². The maximum atomic E-state index is 5.52. The Morgan fingerprint density at radius 3 is 2.76 bits per heavy atom. The van der Waals surface area contributed by atoms with Gasteiger partial charge in [-0.3, -0.25) is 4.90 Å². The summed E-state index contributed by atoms with van der Waals surface area (Å²) in [6, 6.07) is 13.2. The number of pyridine rings is 1. The lowest BCUT2D eigenvalue weighted by molar-refractivity contribution is 0.211. The van der Waals surface area contributed by atoms with E-state index in [-0.39, 0.29) is 0 Å². The molecule has 0 aliphatic carbocycles. The van der Waals surface area contributed by atoms with Crippen LogP contribution >= 0.6 is 0 Å². The normalized spacial score (nSPS) is 16.2. The SMILES string of the molecule is COc1cnc2[nH]ccc2c1NC1CCN(Cc2ccccc2)CC1. The number of aromatic nitrogens is 2. The number of piperidine rings is 1. The minimum absolute atomic E-state index is 0.460. The molecule has 130 valence electrons. The van der Waals surface area contributed by atoms with Crippen LogP contribution in [0.1, 0.15) is 18.4 Å². The Labute approximate surface area is 148 Å². The maximum absolute atomic E-state index is 5.52. The zero-order chi connectivity index (χ0) is 17.1. The molecule has 0 saturated carbocycles. The van der Waals surface area contributed by atoms with Crippen LogP contribution in [0.3, 0.4) is 0 Å². The number of rotatable bonds is 5. The van der Waals surface area contributed by atoms with E-state index in [1.54, 1.807) is 13.3 Å². The highest BCUT2D eigenvalue weighted by Gasteiger charge is 2.21. The number of H-pyrrole nitrogens is 1. The minimum Gasteiger partial charge on any atom is -0.493 e. The monoisotopic (exact) mass is 336 g/mol. The van der Waals surface area contributed by atoms with Gasteiger partial charge in [0.1, 0.15) is 5.65 Å². The van der Waals surface area contributed by atoms with Crippen molar-refractivity contribution < 1.29 is 4.74 Å². The molecule has 1 aromatic carbocycles. The third-order valence-electron chi connectivity index (χ3n) is 4.96. The molecule has 1 aliphatic heterocycles. The van der Waals surface area contributed by atoms with Gasteiger partial charge >= 0.3 is 0 Å². The number of aromatic amines is 1. The second-order valence-corrected chi connectivity index (χ2v) is 6.62. The molecule has 0 unspecified atom stereocenters. The smallest absolute Gasteiger partial charge is 0.161 e. The predicted molar refractivity (Wildman–Crippen MR) is 101 cm³/mol. The highest BCUT2D eigenvalue weighted by atomic mass is 16.5. The number of nitrogens with zero attached hydrogens (tertiary/aromatic N) is 2. The van der Waals surface area contributed by atoms with Crippen molar-refractivity contribution in [3.8, 4) is 5.75 Å². The van der Waals surface area contributed by atoms with Crippen LogP contribution in [0.2, 0.25) is 0 Å². The first-order valence-electron chi connectivity index (χ1n) is 8.86. The quantitative estimate of drug-likeness (QED) is 0.747. The Balaban J connectivity index is 1.41. The molecule has 0 bridgehead atoms. The number of hydrogen-bond donors (Lipinski definition) is 2. The van der Waals surface area contributed by atoms with Crippen molar-refractivity contribution in [2.24, 2.45) is 0 Å². The fourth-order valence-corrected chi connectivity index (χ4v) is 3.57. The molecule has 2 N–H and O–H groups in total. The number of methoxy groups -OCH3 is 1. The van der Waals surface area contributed by atoms with Crippen LogP contribution in [0.5, 0.6) is 5.75 Å². The molecular weight excluding hydrogens is 312 g/mol. The summed E-state index contributed by atoms with van der Waals surface area (Å²) >= 11 is 0. The van der Waals surface area contributed by atoms with E-state index in [1.165, 1.54) is 5.56 Å². The average molecular weight is 336 g/mol. The molecule has 3 aromatic rings. The Morgan fingerprint density at radius 2 is 2.00 bits per heavy atom. The summed E-state index contributed by atoms with van der Waals surface area (Å²) in [6.45, 7) is 3.25. The number of nitrogens with one attached hydrogen (secondary N) is 2. The topological polar surface area (TPSA) is 53.2 Å². The van der Waals surface area contributed by atoms with Crippen LogP contribution in [-0.4, -0.2) is 41.1 Å². The highest BCUT2D eigenvalue weighted by molar-refractivity contribution is 5.92. The zero-order valence-electron chi connectivity index (χ0n) is 14.5. The molecule has 2 aromatic heterocycles. The lowest BCUT2D eigenvalue weighted by atomic mass is 10.0. The number of hydrogen-bond acceptors (Lipinski definition) is 4. The lowest BCUT2D eigenvalue weighted by Gasteiger charge is -2.33. The largest absolute Gasteiger partial charge is 0.493 e. The summed E-state index contributed by atoms with van der Waals surface area (Å²) < 4.78 is 5.52. The highest BCUT2D eigenvalue weighted by Crippen LogP contribution is 2.33. The van der Waals surface area contributed by atoms with E-state index >= 15 is 0 Å². The van der Waals surface area contributed by atoms with Gasteiger partial charge in [0.2, 0.25) is 0 Å². The van der Waals surface area contributed by atoms with Crippen LogP contribution in [0.15, 0.2) is 48.8 Å². The zero-order valence-corrected chi connectivity index (χ0v) is 14.5. The fraction of sp³-hybridized carbons (Fsp3) is 0.350. The van der Waals surface area contributed by atoms with Gasteiger partial charge in [0.05, 0.1) is 19.0 Å². The van der Waals surface area contributed by atoms with Crippen molar-refractivity contribution in [2.75, 3.05) is 25.5 Å². The van der Waals surface area contributed by atoms with Gasteiger partial charge in [0.15, 0.2) is 5.75 Å². The summed E-state index contributed by atoms with van der Waals surface area (Å²) in [5.74, 6) is 0.804. The van der Waals surface area contributed by atoms with Gasteiger partial charge in [-0.25, -0.2) is 4.98 Å². The Hall–Kier alpha value is -2.53. The summed E-state index contributed by atoms with van der Waals surface area (Å²) in [4.78, 5) is 10.1. The third kappa shape index (κ3) is 3.46. The van der Waals surface area contributed by atoms with Crippen molar-refractivity contribution in [2.45, 2.75) is 25.4 Å². The first kappa shape index (κ1) is 16.0. The third-order valence-corrected chi connectivity index (χ3v) is 4.96. The van der Waals surface area contributed by atoms with Crippen molar-refractivity contribution >= 4 is 16.7 Å². The van der Waals surface area contributed by atoms with E-state index in [2.05, 4.69) is 56.6 Å². The number of ether oxygens (including phenoxy) is 1. The first-order chi connectivity index (χ1) is 12.3. The van der Waals surface area contributed by atoms with Gasteiger partial charge in [0.25, 0.3) is 0 Å². The standard InChI is InChI=1S/C20H24N4O/c1-25-18-13-22-20-17(7-10-21-20)19(18)23-16-8-11-24(12-9-16)14-15-5-3-2-4-6-15/h2-7,10,13,16H,8-9,11-12,14H2,1H3,(H2,21,22,23). The fourth-order valence-electron chi connectivity index (χ4n) is 3.57. The summed E-state index contributed by atoms with van der Waals surface area (Å²) in [5.41, 5.74) is 3.33. The molecule has 4 rings (SSSR count). The van der Waals surface area contributed by atoms with Gasteiger partial charge < -0.3 is 15.0 Å². The second kappa shape index (κ2) is 7.15. The molecule has 3 heterocycles. The Bertz CT molecular complexity index is 822. The number of fused-ring (bicyclic) bond motifs is 1. The molecule has 0 atom stereocenters. The van der Waals surface area contributed by atoms with E-state index in [1.807, 2.05) is 6.20 Å². The molecule has 1 saturated heterocycles. The molecule has 5 heteroatoms. The molecule has 1 fully saturated rings. The molecule has 1 aliphatic rings. The lowest BCUT2D eigenvalue weighted by Crippen LogP contribution is -2.38. The second-order valence-electron chi connectivity index (χ2n) is 6.62. The first-order valence-corrected chi connectivity index (χ1v) is 8.86. The maximum Gasteiger partial charge on any atom is 0.161 e. The van der Waals surface area contributed by atoms with Crippen LogP contribution < -0.4 is 10.1 Å². The number of benzene rings is 1. The summed E-state index contributed by atoms with van der Waals surface area (Å²) in [6.07, 6.45) is 5.96. The van der Waals surface area contributed by atoms with Gasteiger partial charge in [-0.2, -0.15) is 0 Å². The van der Waals surface area contributed by atoms with Crippen LogP contribution in [0, 0.1) is 0 Å². The molecule has 0 spiro atoms. The molecule has 5 nitrogen and oxygen atoms in total. The predicted octanol–water partition coefficient (Wildman–Crippen LogP) is 3.65. The molecule has 25 heavy (non-hydrogen) atoms. The molecule has 0 radical (unpaired) electrons. The Kier molecular flexibility index (Phi) is 4.57. The van der Waals surface area contributed by atoms with E-state index in [4.69, 9.17) is 4.74 Å². The summed E-state index contributed by atoms with van der Waals surface area (Å²) in [7, 11) is 1.70. The van der Waals surface area contributed by atoms with E-state index in [0.717, 1.165) is 54.9 Å². The van der Waals surface area contributed by atoms with Gasteiger partial charge in [-0.1, -0.05) is 30.3 Å². The average Bonchev–Trinajstić information content (AvgIpc) is 3.13. The van der Waals surface area contributed by atoms with Crippen LogP contribution in [0.4, 0.5) is 5.69 Å². The Morgan fingerprint density at radius 1 is 1.20 bits per heavy atom. The van der Waals surface area contributed by atoms with E-state index in [0.29, 0.717) is 6.04 Å². The number of likely N-dealkylation sites (tertiary alicyclic amines) is 1. The molecule has 0 amide bonds. The molecular formula is C20H24N4O. The van der Waals surface area contributed by atoms with Crippen LogP contribution in [0.25, 0.3) is 11.0 Å². The van der Waals surface area contributed by atoms with Crippen molar-refractivity contribution in [1.29, 1.82) is 0 Å². The van der Waals surface area contributed by atoms with Gasteiger partial charge in [0, 0.05) is 37.3 Å². The van der Waals surface area contributed by atoms with Crippen molar-refractivity contribution in [1.82, 2.24) is 14.9 Å². The van der Waals surface area contributed by atoms with Crippen LogP contribution in [-0.2, 0) is 6.54 Å². The van der Waals surface area contributed by atoms with Crippen molar-refractivity contribution in [3.63, 3.8) is 0 Å². The van der Waals surface area contributed by atoms with Gasteiger partial charge in [-0.15, -0.1) is 0 Å². The number of anilines is 1. The summed E-state index contributed by atoms with van der Waals surface area (Å²) in [5, 5.41) is 4.79. The minimum atomic E-state index is 0.460. The van der Waals surface area contributed by atoms with Gasteiger partial charge in [-0.05, 0) is 24.5 Å². The van der Waals surface area contributed by atoms with E-state index < -0.39 is 0 Å². The van der Waals surface area contributed by atoms with E-state index in [9.17, 15) is 0 Å².